The molecule has 0 unspecified atom stereocenters. The third kappa shape index (κ3) is 4.52. The number of nitrogens with one attached hydrogen (secondary N) is 1. The fraction of sp³-hybridized carbons (Fsp3) is 0.360. The van der Waals surface area contributed by atoms with Crippen molar-refractivity contribution in [3.63, 3.8) is 0 Å². The Morgan fingerprint density at radius 3 is 2.71 bits per heavy atom. The lowest BCUT2D eigenvalue weighted by molar-refractivity contribution is -0.131. The van der Waals surface area contributed by atoms with E-state index in [1.165, 1.54) is 0 Å². The van der Waals surface area contributed by atoms with E-state index in [2.05, 4.69) is 9.97 Å². The molecule has 1 aromatic carbocycles. The molecule has 1 fully saturated rings. The molecule has 176 valence electrons. The van der Waals surface area contributed by atoms with Gasteiger partial charge < -0.3 is 19.6 Å². The molecule has 3 aromatic rings. The van der Waals surface area contributed by atoms with Crippen molar-refractivity contribution >= 4 is 17.7 Å². The summed E-state index contributed by atoms with van der Waals surface area (Å²) in [6.45, 7) is 3.80. The summed E-state index contributed by atoms with van der Waals surface area (Å²) in [5.41, 5.74) is 2.84. The number of aromatic nitrogens is 3. The minimum atomic E-state index is -0.405. The van der Waals surface area contributed by atoms with Crippen LogP contribution in [0, 0.1) is 12.8 Å². The summed E-state index contributed by atoms with van der Waals surface area (Å²) < 4.78 is 1.84. The number of piperidine rings is 1. The third-order valence-electron chi connectivity index (χ3n) is 6.64. The molecule has 2 bridgehead atoms. The number of nitrogens with zero attached hydrogens (tertiary/aromatic N) is 3. The number of aryl methyl sites for hydroxylation is 1. The number of benzene rings is 1. The second-order valence-electron chi connectivity index (χ2n) is 9.12. The number of H-pyrrole nitrogens is 1. The molecule has 1 amide bonds. The van der Waals surface area contributed by atoms with Crippen molar-refractivity contribution in [2.24, 2.45) is 5.92 Å². The maximum Gasteiger partial charge on any atom is 0.258 e. The number of rotatable bonds is 5. The Kier molecular flexibility index (Phi) is 6.03. The van der Waals surface area contributed by atoms with Crippen LogP contribution in [0.5, 0.6) is 5.88 Å². The lowest BCUT2D eigenvalue weighted by Gasteiger charge is -2.42. The Balaban J connectivity index is 1.24. The maximum absolute atomic E-state index is 12.9. The first-order valence-corrected chi connectivity index (χ1v) is 12.3. The highest BCUT2D eigenvalue weighted by Crippen LogP contribution is 2.35. The number of thioether (sulfide) groups is 1. The van der Waals surface area contributed by atoms with Gasteiger partial charge in [-0.2, -0.15) is 4.98 Å². The Labute approximate surface area is 200 Å². The Hall–Kier alpha value is -3.33. The molecule has 2 aliphatic heterocycles. The van der Waals surface area contributed by atoms with Crippen molar-refractivity contribution < 1.29 is 9.90 Å². The van der Waals surface area contributed by atoms with Crippen molar-refractivity contribution in [2.75, 3.05) is 18.8 Å². The third-order valence-corrected chi connectivity index (χ3v) is 7.50. The average Bonchev–Trinajstić information content (AvgIpc) is 2.81. The molecule has 2 N–H and O–H groups in total. The number of fused-ring (bicyclic) bond motifs is 4. The highest BCUT2D eigenvalue weighted by molar-refractivity contribution is 7.99. The molecule has 0 spiro atoms. The van der Waals surface area contributed by atoms with Crippen LogP contribution < -0.4 is 11.1 Å². The van der Waals surface area contributed by atoms with E-state index >= 15 is 0 Å². The first-order valence-electron chi connectivity index (χ1n) is 11.4. The zero-order valence-electron chi connectivity index (χ0n) is 18.9. The van der Waals surface area contributed by atoms with Gasteiger partial charge in [-0.05, 0) is 30.9 Å². The molecule has 0 radical (unpaired) electrons. The van der Waals surface area contributed by atoms with Crippen molar-refractivity contribution in [3.8, 4) is 5.88 Å². The molecule has 34 heavy (non-hydrogen) atoms. The highest BCUT2D eigenvalue weighted by Gasteiger charge is 2.36. The van der Waals surface area contributed by atoms with E-state index in [-0.39, 0.29) is 52.1 Å². The Bertz CT molecular complexity index is 1350. The molecule has 9 heteroatoms. The zero-order chi connectivity index (χ0) is 23.8. The van der Waals surface area contributed by atoms with Gasteiger partial charge in [0.1, 0.15) is 0 Å². The molecule has 0 saturated carbocycles. The number of aromatic hydroxyl groups is 1. The minimum absolute atomic E-state index is 0.0168. The second kappa shape index (κ2) is 9.13. The number of amides is 1. The Morgan fingerprint density at radius 2 is 1.94 bits per heavy atom. The number of carbonyl (C=O) groups excluding carboxylic acids is 1. The molecular weight excluding hydrogens is 452 g/mol. The summed E-state index contributed by atoms with van der Waals surface area (Å²) in [7, 11) is 0. The first kappa shape index (κ1) is 22.5. The topological polar surface area (TPSA) is 108 Å². The highest BCUT2D eigenvalue weighted by atomic mass is 32.2. The van der Waals surface area contributed by atoms with E-state index in [0.717, 1.165) is 35.0 Å². The summed E-state index contributed by atoms with van der Waals surface area (Å²) in [6.07, 6.45) is 1.25. The van der Waals surface area contributed by atoms with Crippen LogP contribution in [0.1, 0.15) is 34.7 Å². The summed E-state index contributed by atoms with van der Waals surface area (Å²) in [6, 6.07) is 13.1. The van der Waals surface area contributed by atoms with Crippen molar-refractivity contribution in [1.82, 2.24) is 19.4 Å². The second-order valence-corrected chi connectivity index (χ2v) is 10.1. The zero-order valence-corrected chi connectivity index (χ0v) is 19.7. The number of pyridine rings is 1. The number of hydrogen-bond acceptors (Lipinski definition) is 6. The molecule has 2 aliphatic rings. The van der Waals surface area contributed by atoms with Crippen molar-refractivity contribution in [1.29, 1.82) is 0 Å². The van der Waals surface area contributed by atoms with Crippen molar-refractivity contribution in [3.05, 3.63) is 85.6 Å². The average molecular weight is 479 g/mol. The monoisotopic (exact) mass is 478 g/mol. The van der Waals surface area contributed by atoms with Crippen LogP contribution in [-0.4, -0.2) is 49.3 Å². The fourth-order valence-corrected chi connectivity index (χ4v) is 5.68. The SMILES string of the molecule is Cc1ccc(Cc2c(O)nc(SCC(=O)N3C[C@@H]4C[C@@H](C3)c3cccc(=O)n3C4)[nH]c2=O)cc1. The van der Waals surface area contributed by atoms with Gasteiger partial charge in [-0.15, -0.1) is 0 Å². The molecule has 5 rings (SSSR count). The van der Waals surface area contributed by atoms with Gasteiger partial charge in [0.25, 0.3) is 11.1 Å². The van der Waals surface area contributed by atoms with Gasteiger partial charge in [0, 0.05) is 43.7 Å². The van der Waals surface area contributed by atoms with Crippen LogP contribution in [0.2, 0.25) is 0 Å². The molecule has 0 aliphatic carbocycles. The molecule has 2 atom stereocenters. The molecule has 1 saturated heterocycles. The molecule has 2 aromatic heterocycles. The number of carbonyl (C=O) groups is 1. The van der Waals surface area contributed by atoms with Crippen LogP contribution in [-0.2, 0) is 17.8 Å². The van der Waals surface area contributed by atoms with E-state index in [1.54, 1.807) is 12.1 Å². The standard InChI is InChI=1S/C25H26N4O4S/c1-15-5-7-16(8-6-15)10-19-23(32)26-25(27-24(19)33)34-14-22(31)28-11-17-9-18(13-28)20-3-2-4-21(30)29(20)12-17/h2-8,17-18H,9-14H2,1H3,(H2,26,27,32,33)/t17-,18-/m0/s1. The number of likely N-dealkylation sites (tertiary alicyclic amines) is 1. The smallest absolute Gasteiger partial charge is 0.258 e. The summed E-state index contributed by atoms with van der Waals surface area (Å²) in [5, 5.41) is 10.6. The van der Waals surface area contributed by atoms with E-state index in [9.17, 15) is 19.5 Å². The summed E-state index contributed by atoms with van der Waals surface area (Å²) >= 11 is 1.11. The quantitative estimate of drug-likeness (QED) is 0.430. The summed E-state index contributed by atoms with van der Waals surface area (Å²) in [4.78, 5) is 46.3. The van der Waals surface area contributed by atoms with Gasteiger partial charge in [0.2, 0.25) is 11.8 Å². The lowest BCUT2D eigenvalue weighted by Crippen LogP contribution is -2.49. The maximum atomic E-state index is 12.9. The molecule has 8 nitrogen and oxygen atoms in total. The number of aromatic amines is 1. The van der Waals surface area contributed by atoms with Crippen LogP contribution in [0.3, 0.4) is 0 Å². The van der Waals surface area contributed by atoms with Crippen LogP contribution in [0.4, 0.5) is 0 Å². The molecule has 4 heterocycles. The van der Waals surface area contributed by atoms with Gasteiger partial charge in [0.05, 0.1) is 11.3 Å². The predicted octanol–water partition coefficient (Wildman–Crippen LogP) is 2.27. The van der Waals surface area contributed by atoms with Crippen molar-refractivity contribution in [2.45, 2.75) is 37.4 Å². The van der Waals surface area contributed by atoms with Gasteiger partial charge in [-0.1, -0.05) is 47.7 Å². The predicted molar refractivity (Wildman–Crippen MR) is 129 cm³/mol. The number of hydrogen-bond donors (Lipinski definition) is 2. The largest absolute Gasteiger partial charge is 0.493 e. The van der Waals surface area contributed by atoms with Crippen LogP contribution in [0.15, 0.2) is 57.2 Å². The Morgan fingerprint density at radius 1 is 1.15 bits per heavy atom. The lowest BCUT2D eigenvalue weighted by atomic mass is 9.83. The minimum Gasteiger partial charge on any atom is -0.493 e. The fourth-order valence-electron chi connectivity index (χ4n) is 4.92. The van der Waals surface area contributed by atoms with Gasteiger partial charge in [-0.25, -0.2) is 0 Å². The van der Waals surface area contributed by atoms with E-state index < -0.39 is 5.56 Å². The van der Waals surface area contributed by atoms with Crippen LogP contribution in [0.25, 0.3) is 0 Å². The van der Waals surface area contributed by atoms with Gasteiger partial charge >= 0.3 is 0 Å². The van der Waals surface area contributed by atoms with E-state index in [0.29, 0.717) is 19.6 Å². The van der Waals surface area contributed by atoms with Crippen LogP contribution >= 0.6 is 11.8 Å². The normalized spacial score (nSPS) is 19.0. The van der Waals surface area contributed by atoms with Gasteiger partial charge in [0.15, 0.2) is 5.16 Å². The van der Waals surface area contributed by atoms with E-state index in [4.69, 9.17) is 0 Å². The van der Waals surface area contributed by atoms with Gasteiger partial charge in [-0.3, -0.25) is 14.4 Å². The first-order chi connectivity index (χ1) is 16.4. The summed E-state index contributed by atoms with van der Waals surface area (Å²) in [5.74, 6) is 0.161. The van der Waals surface area contributed by atoms with E-state index in [1.807, 2.05) is 46.7 Å². The molecular formula is C25H26N4O4S.